The van der Waals surface area contributed by atoms with Crippen molar-refractivity contribution in [3.8, 4) is 0 Å². The third-order valence-electron chi connectivity index (χ3n) is 2.50. The Bertz CT molecular complexity index is 326. The summed E-state index contributed by atoms with van der Waals surface area (Å²) in [5.74, 6) is 0. The van der Waals surface area contributed by atoms with Gasteiger partial charge in [0.1, 0.15) is 6.10 Å². The Morgan fingerprint density at radius 3 is 2.38 bits per heavy atom. The average molecular weight is 334 g/mol. The van der Waals surface area contributed by atoms with Gasteiger partial charge in [-0.25, -0.2) is 4.89 Å². The van der Waals surface area contributed by atoms with E-state index in [9.17, 15) is 0 Å². The quantitative estimate of drug-likeness (QED) is 0.472. The summed E-state index contributed by atoms with van der Waals surface area (Å²) >= 11 is 2.33. The average Bonchev–Trinajstić information content (AvgIpc) is 2.29. The molecular weight excluding hydrogens is 319 g/mol. The highest BCUT2D eigenvalue weighted by Crippen LogP contribution is 2.32. The zero-order chi connectivity index (χ0) is 11.6. The van der Waals surface area contributed by atoms with Crippen LogP contribution in [-0.4, -0.2) is 16.1 Å². The Labute approximate surface area is 109 Å². The van der Waals surface area contributed by atoms with Gasteiger partial charge < -0.3 is 4.74 Å². The molecule has 0 amide bonds. The fraction of sp³-hybridized carbons (Fsp3) is 0.500. The minimum atomic E-state index is -0.406. The van der Waals surface area contributed by atoms with Crippen molar-refractivity contribution in [3.05, 3.63) is 35.9 Å². The Morgan fingerprint density at radius 1 is 1.19 bits per heavy atom. The molecule has 0 saturated carbocycles. The van der Waals surface area contributed by atoms with Crippen molar-refractivity contribution in [3.63, 3.8) is 0 Å². The Kier molecular flexibility index (Phi) is 3.84. The number of benzene rings is 1. The third kappa shape index (κ3) is 2.94. The standard InChI is InChI=1S/C12H15IO3/c1-12(2,13)10-8-14-11(16-15-10)9-6-4-3-5-7-9/h3-7,10-11H,8H2,1-2H3. The SMILES string of the molecule is CC(C)(I)C1COC(c2ccccc2)OO1. The first-order chi connectivity index (χ1) is 7.57. The summed E-state index contributed by atoms with van der Waals surface area (Å²) in [5, 5.41) is 0. The summed E-state index contributed by atoms with van der Waals surface area (Å²) in [6, 6.07) is 9.80. The number of ether oxygens (including phenoxy) is 1. The van der Waals surface area contributed by atoms with E-state index in [1.54, 1.807) is 0 Å². The summed E-state index contributed by atoms with van der Waals surface area (Å²) in [5.41, 5.74) is 0.979. The van der Waals surface area contributed by atoms with Crippen LogP contribution in [0.1, 0.15) is 25.7 Å². The van der Waals surface area contributed by atoms with Gasteiger partial charge in [-0.15, -0.1) is 0 Å². The fourth-order valence-corrected chi connectivity index (χ4v) is 1.71. The minimum absolute atomic E-state index is 0.000578. The van der Waals surface area contributed by atoms with E-state index in [-0.39, 0.29) is 9.53 Å². The number of rotatable bonds is 2. The second kappa shape index (κ2) is 5.00. The van der Waals surface area contributed by atoms with E-state index in [1.807, 2.05) is 30.3 Å². The van der Waals surface area contributed by atoms with Crippen LogP contribution in [0.25, 0.3) is 0 Å². The third-order valence-corrected chi connectivity index (χ3v) is 3.19. The second-order valence-electron chi connectivity index (χ2n) is 4.32. The number of hydrogen-bond donors (Lipinski definition) is 0. The van der Waals surface area contributed by atoms with Crippen molar-refractivity contribution in [2.75, 3.05) is 6.61 Å². The molecule has 0 aromatic heterocycles. The van der Waals surface area contributed by atoms with E-state index in [4.69, 9.17) is 14.5 Å². The van der Waals surface area contributed by atoms with Crippen molar-refractivity contribution in [1.82, 2.24) is 0 Å². The summed E-state index contributed by atoms with van der Waals surface area (Å²) in [7, 11) is 0. The zero-order valence-corrected chi connectivity index (χ0v) is 11.5. The van der Waals surface area contributed by atoms with Gasteiger partial charge in [0.15, 0.2) is 0 Å². The molecule has 4 heteroatoms. The molecule has 1 aliphatic rings. The number of halogens is 1. The molecule has 0 N–H and O–H groups in total. The molecule has 16 heavy (non-hydrogen) atoms. The second-order valence-corrected chi connectivity index (χ2v) is 7.10. The Balaban J connectivity index is 1.96. The largest absolute Gasteiger partial charge is 0.343 e. The van der Waals surface area contributed by atoms with Crippen molar-refractivity contribution >= 4 is 22.6 Å². The van der Waals surface area contributed by atoms with E-state index in [2.05, 4.69) is 36.4 Å². The monoisotopic (exact) mass is 334 g/mol. The first-order valence-corrected chi connectivity index (χ1v) is 6.33. The van der Waals surface area contributed by atoms with E-state index in [0.29, 0.717) is 6.61 Å². The van der Waals surface area contributed by atoms with Crippen molar-refractivity contribution in [2.45, 2.75) is 29.7 Å². The van der Waals surface area contributed by atoms with E-state index in [0.717, 1.165) is 5.56 Å². The first-order valence-electron chi connectivity index (χ1n) is 5.25. The van der Waals surface area contributed by atoms with Crippen LogP contribution >= 0.6 is 22.6 Å². The molecule has 1 aromatic rings. The summed E-state index contributed by atoms with van der Waals surface area (Å²) in [6.45, 7) is 4.73. The van der Waals surface area contributed by atoms with Crippen LogP contribution in [0, 0.1) is 0 Å². The predicted molar refractivity (Wildman–Crippen MR) is 69.2 cm³/mol. The van der Waals surface area contributed by atoms with E-state index in [1.165, 1.54) is 0 Å². The molecule has 0 spiro atoms. The molecular formula is C12H15IO3. The molecule has 2 atom stereocenters. The highest BCUT2D eigenvalue weighted by molar-refractivity contribution is 14.1. The van der Waals surface area contributed by atoms with Crippen molar-refractivity contribution < 1.29 is 14.5 Å². The minimum Gasteiger partial charge on any atom is -0.343 e. The van der Waals surface area contributed by atoms with Gasteiger partial charge in [0, 0.05) is 8.99 Å². The predicted octanol–water partition coefficient (Wildman–Crippen LogP) is 3.25. The molecule has 1 heterocycles. The summed E-state index contributed by atoms with van der Waals surface area (Å²) in [4.78, 5) is 10.7. The normalized spacial score (nSPS) is 26.7. The van der Waals surface area contributed by atoms with Crippen LogP contribution in [-0.2, 0) is 14.5 Å². The smallest absolute Gasteiger partial charge is 0.217 e. The maximum absolute atomic E-state index is 5.65. The topological polar surface area (TPSA) is 27.7 Å². The van der Waals surface area contributed by atoms with Crippen LogP contribution in [0.4, 0.5) is 0 Å². The Hall–Kier alpha value is -0.170. The maximum Gasteiger partial charge on any atom is 0.217 e. The van der Waals surface area contributed by atoms with Crippen LogP contribution in [0.3, 0.4) is 0 Å². The van der Waals surface area contributed by atoms with Crippen LogP contribution < -0.4 is 0 Å². The first kappa shape index (κ1) is 12.3. The lowest BCUT2D eigenvalue weighted by atomic mass is 10.1. The molecule has 1 aromatic carbocycles. The lowest BCUT2D eigenvalue weighted by molar-refractivity contribution is -0.448. The van der Waals surface area contributed by atoms with Gasteiger partial charge in [-0.05, 0) is 13.8 Å². The summed E-state index contributed by atoms with van der Waals surface area (Å²) in [6.07, 6.45) is -0.440. The van der Waals surface area contributed by atoms with Crippen LogP contribution in [0.2, 0.25) is 0 Å². The van der Waals surface area contributed by atoms with Gasteiger partial charge >= 0.3 is 0 Å². The number of alkyl halides is 1. The summed E-state index contributed by atoms with van der Waals surface area (Å²) < 4.78 is 5.65. The highest BCUT2D eigenvalue weighted by Gasteiger charge is 2.34. The molecule has 0 aliphatic carbocycles. The molecule has 88 valence electrons. The van der Waals surface area contributed by atoms with Gasteiger partial charge in [-0.2, -0.15) is 4.89 Å². The molecule has 3 nitrogen and oxygen atoms in total. The number of hydrogen-bond acceptors (Lipinski definition) is 3. The Morgan fingerprint density at radius 2 is 1.88 bits per heavy atom. The fourth-order valence-electron chi connectivity index (χ4n) is 1.42. The van der Waals surface area contributed by atoms with Gasteiger partial charge in [0.05, 0.1) is 6.61 Å². The van der Waals surface area contributed by atoms with Gasteiger partial charge in [0.2, 0.25) is 6.29 Å². The lowest BCUT2D eigenvalue weighted by Crippen LogP contribution is -2.41. The molecule has 2 rings (SSSR count). The molecule has 2 unspecified atom stereocenters. The molecule has 1 fully saturated rings. The molecule has 0 radical (unpaired) electrons. The zero-order valence-electron chi connectivity index (χ0n) is 9.35. The molecule has 1 saturated heterocycles. The van der Waals surface area contributed by atoms with Crippen molar-refractivity contribution in [2.24, 2.45) is 0 Å². The van der Waals surface area contributed by atoms with Crippen molar-refractivity contribution in [1.29, 1.82) is 0 Å². The van der Waals surface area contributed by atoms with Gasteiger partial charge in [-0.1, -0.05) is 52.9 Å². The highest BCUT2D eigenvalue weighted by atomic mass is 127. The molecule has 1 aliphatic heterocycles. The van der Waals surface area contributed by atoms with E-state index < -0.39 is 6.29 Å². The van der Waals surface area contributed by atoms with Crippen LogP contribution in [0.15, 0.2) is 30.3 Å². The molecule has 0 bridgehead atoms. The maximum atomic E-state index is 5.65. The van der Waals surface area contributed by atoms with Crippen LogP contribution in [0.5, 0.6) is 0 Å². The van der Waals surface area contributed by atoms with Gasteiger partial charge in [0.25, 0.3) is 0 Å². The van der Waals surface area contributed by atoms with Gasteiger partial charge in [-0.3, -0.25) is 0 Å². The van der Waals surface area contributed by atoms with E-state index >= 15 is 0 Å². The lowest BCUT2D eigenvalue weighted by Gasteiger charge is -2.34.